The molecule has 9 heteroatoms. The minimum atomic E-state index is -3.69. The molecule has 7 nitrogen and oxygen atoms in total. The van der Waals surface area contributed by atoms with Gasteiger partial charge in [-0.2, -0.15) is 4.31 Å². The van der Waals surface area contributed by atoms with Gasteiger partial charge < -0.3 is 9.47 Å². The third kappa shape index (κ3) is 2.60. The van der Waals surface area contributed by atoms with Gasteiger partial charge in [-0.05, 0) is 0 Å². The molecule has 0 radical (unpaired) electrons. The molecule has 2 rings (SSSR count). The van der Waals surface area contributed by atoms with Gasteiger partial charge in [0.1, 0.15) is 5.15 Å². The number of sulfonamides is 1. The van der Waals surface area contributed by atoms with Crippen LogP contribution in [0.1, 0.15) is 6.92 Å². The molecule has 0 aromatic carbocycles. The third-order valence-corrected chi connectivity index (χ3v) is 5.49. The van der Waals surface area contributed by atoms with E-state index in [1.807, 2.05) is 0 Å². The Bertz CT molecular complexity index is 590. The van der Waals surface area contributed by atoms with E-state index in [2.05, 4.69) is 4.98 Å². The molecular weight excluding hydrogens is 292 g/mol. The molecule has 0 bridgehead atoms. The second kappa shape index (κ2) is 5.10. The zero-order valence-electron chi connectivity index (χ0n) is 10.7. The van der Waals surface area contributed by atoms with Crippen LogP contribution in [-0.2, 0) is 21.9 Å². The fourth-order valence-corrected chi connectivity index (χ4v) is 3.74. The Kier molecular flexibility index (Phi) is 3.84. The summed E-state index contributed by atoms with van der Waals surface area (Å²) in [5.74, 6) is -0.0482. The van der Waals surface area contributed by atoms with Crippen LogP contribution in [0.2, 0.25) is 5.15 Å². The molecule has 1 amide bonds. The molecule has 0 atom stereocenters. The molecule has 1 aromatic rings. The third-order valence-electron chi connectivity index (χ3n) is 3.10. The monoisotopic (exact) mass is 306 g/mol. The van der Waals surface area contributed by atoms with Crippen LogP contribution in [0, 0.1) is 0 Å². The molecule has 1 aliphatic rings. The van der Waals surface area contributed by atoms with Crippen molar-refractivity contribution in [3.8, 4) is 0 Å². The summed E-state index contributed by atoms with van der Waals surface area (Å²) < 4.78 is 27.5. The van der Waals surface area contributed by atoms with Gasteiger partial charge in [0.05, 0.1) is 6.33 Å². The predicted molar refractivity (Wildman–Crippen MR) is 69.2 cm³/mol. The van der Waals surface area contributed by atoms with E-state index in [4.69, 9.17) is 11.6 Å². The van der Waals surface area contributed by atoms with Gasteiger partial charge in [0.15, 0.2) is 0 Å². The number of piperazine rings is 1. The van der Waals surface area contributed by atoms with E-state index in [0.717, 1.165) is 0 Å². The van der Waals surface area contributed by atoms with Crippen molar-refractivity contribution in [2.75, 3.05) is 26.2 Å². The lowest BCUT2D eigenvalue weighted by molar-refractivity contribution is -0.129. The Morgan fingerprint density at radius 3 is 2.32 bits per heavy atom. The van der Waals surface area contributed by atoms with Crippen LogP contribution in [0.4, 0.5) is 0 Å². The lowest BCUT2D eigenvalue weighted by Gasteiger charge is -2.32. The molecule has 0 unspecified atom stereocenters. The summed E-state index contributed by atoms with van der Waals surface area (Å²) in [4.78, 5) is 16.7. The second-order valence-electron chi connectivity index (χ2n) is 4.36. The summed E-state index contributed by atoms with van der Waals surface area (Å²) in [7, 11) is -2.06. The van der Waals surface area contributed by atoms with Crippen molar-refractivity contribution in [2.24, 2.45) is 7.05 Å². The molecule has 2 heterocycles. The van der Waals surface area contributed by atoms with Crippen molar-refractivity contribution in [1.29, 1.82) is 0 Å². The summed E-state index contributed by atoms with van der Waals surface area (Å²) in [6.07, 6.45) is 1.36. The van der Waals surface area contributed by atoms with E-state index in [-0.39, 0.29) is 29.2 Å². The van der Waals surface area contributed by atoms with Crippen LogP contribution in [0.3, 0.4) is 0 Å². The number of carbonyl (C=O) groups is 1. The molecule has 0 N–H and O–H groups in total. The number of amides is 1. The normalized spacial score (nSPS) is 17.7. The molecule has 0 saturated carbocycles. The largest absolute Gasteiger partial charge is 0.340 e. The molecule has 1 saturated heterocycles. The van der Waals surface area contributed by atoms with Crippen molar-refractivity contribution in [3.05, 3.63) is 11.5 Å². The molecule has 0 aliphatic carbocycles. The summed E-state index contributed by atoms with van der Waals surface area (Å²) in [5, 5.41) is -0.0399. The van der Waals surface area contributed by atoms with Crippen LogP contribution >= 0.6 is 11.6 Å². The maximum atomic E-state index is 12.4. The first kappa shape index (κ1) is 14.3. The molecular formula is C10H15ClN4O3S. The first-order chi connectivity index (χ1) is 8.84. The highest BCUT2D eigenvalue weighted by Crippen LogP contribution is 2.23. The first-order valence-corrected chi connectivity index (χ1v) is 7.58. The van der Waals surface area contributed by atoms with Gasteiger partial charge in [0.25, 0.3) is 10.0 Å². The topological polar surface area (TPSA) is 75.5 Å². The van der Waals surface area contributed by atoms with E-state index in [1.54, 1.807) is 11.9 Å². The number of nitrogens with zero attached hydrogens (tertiary/aromatic N) is 4. The maximum absolute atomic E-state index is 12.4. The highest BCUT2D eigenvalue weighted by Gasteiger charge is 2.32. The maximum Gasteiger partial charge on any atom is 0.263 e. The smallest absolute Gasteiger partial charge is 0.263 e. The first-order valence-electron chi connectivity index (χ1n) is 5.76. The van der Waals surface area contributed by atoms with Crippen molar-refractivity contribution >= 4 is 27.5 Å². The fraction of sp³-hybridized carbons (Fsp3) is 0.600. The molecule has 19 heavy (non-hydrogen) atoms. The van der Waals surface area contributed by atoms with Crippen molar-refractivity contribution in [1.82, 2.24) is 18.8 Å². The van der Waals surface area contributed by atoms with E-state index in [9.17, 15) is 13.2 Å². The number of halogens is 1. The van der Waals surface area contributed by atoms with Gasteiger partial charge >= 0.3 is 0 Å². The summed E-state index contributed by atoms with van der Waals surface area (Å²) >= 11 is 5.92. The van der Waals surface area contributed by atoms with Gasteiger partial charge in [0, 0.05) is 40.2 Å². The van der Waals surface area contributed by atoms with Crippen LogP contribution in [-0.4, -0.2) is 59.3 Å². The lowest BCUT2D eigenvalue weighted by Crippen LogP contribution is -2.50. The number of rotatable bonds is 2. The van der Waals surface area contributed by atoms with Crippen LogP contribution < -0.4 is 0 Å². The van der Waals surface area contributed by atoms with Gasteiger partial charge in [-0.25, -0.2) is 13.4 Å². The minimum Gasteiger partial charge on any atom is -0.340 e. The molecule has 0 spiro atoms. The number of carbonyl (C=O) groups excluding carboxylic acids is 1. The van der Waals surface area contributed by atoms with Crippen molar-refractivity contribution < 1.29 is 13.2 Å². The highest BCUT2D eigenvalue weighted by molar-refractivity contribution is 7.89. The van der Waals surface area contributed by atoms with E-state index in [1.165, 1.54) is 22.1 Å². The van der Waals surface area contributed by atoms with Gasteiger partial charge in [-0.15, -0.1) is 0 Å². The van der Waals surface area contributed by atoms with Gasteiger partial charge in [-0.1, -0.05) is 11.6 Å². The Morgan fingerprint density at radius 2 is 1.89 bits per heavy atom. The molecule has 1 aromatic heterocycles. The fourth-order valence-electron chi connectivity index (χ4n) is 1.93. The number of aryl methyl sites for hydroxylation is 1. The summed E-state index contributed by atoms with van der Waals surface area (Å²) in [6, 6.07) is 0. The molecule has 106 valence electrons. The zero-order chi connectivity index (χ0) is 14.2. The van der Waals surface area contributed by atoms with Crippen molar-refractivity contribution in [3.63, 3.8) is 0 Å². The summed E-state index contributed by atoms with van der Waals surface area (Å²) in [6.45, 7) is 2.77. The average molecular weight is 307 g/mol. The van der Waals surface area contributed by atoms with E-state index >= 15 is 0 Å². The second-order valence-corrected chi connectivity index (χ2v) is 6.57. The Balaban J connectivity index is 2.19. The SMILES string of the molecule is CC(=O)N1CCN(S(=O)(=O)c2ncn(C)c2Cl)CC1. The standard InChI is InChI=1S/C10H15ClN4O3S/c1-8(16)14-3-5-15(6-4-14)19(17,18)10-9(11)13(2)7-12-10/h7H,3-6H2,1-2H3. The summed E-state index contributed by atoms with van der Waals surface area (Å²) in [5.41, 5.74) is 0. The Labute approximate surface area is 116 Å². The van der Waals surface area contributed by atoms with E-state index < -0.39 is 10.0 Å². The zero-order valence-corrected chi connectivity index (χ0v) is 12.3. The van der Waals surface area contributed by atoms with Crippen LogP contribution in [0.15, 0.2) is 11.4 Å². The van der Waals surface area contributed by atoms with Crippen LogP contribution in [0.5, 0.6) is 0 Å². The van der Waals surface area contributed by atoms with Crippen molar-refractivity contribution in [2.45, 2.75) is 11.9 Å². The number of aromatic nitrogens is 2. The Morgan fingerprint density at radius 1 is 1.32 bits per heavy atom. The minimum absolute atomic E-state index is 0.0482. The van der Waals surface area contributed by atoms with Gasteiger partial charge in [0.2, 0.25) is 10.9 Å². The number of imidazole rings is 1. The number of hydrogen-bond acceptors (Lipinski definition) is 4. The van der Waals surface area contributed by atoms with Gasteiger partial charge in [-0.3, -0.25) is 4.79 Å². The average Bonchev–Trinajstić information content (AvgIpc) is 2.70. The molecule has 1 aliphatic heterocycles. The lowest BCUT2D eigenvalue weighted by atomic mass is 10.3. The highest BCUT2D eigenvalue weighted by atomic mass is 35.5. The van der Waals surface area contributed by atoms with E-state index in [0.29, 0.717) is 13.1 Å². The molecule has 1 fully saturated rings. The predicted octanol–water partition coefficient (Wildman–Crippen LogP) is -0.0737. The quantitative estimate of drug-likeness (QED) is 0.766. The Hall–Kier alpha value is -1.12. The van der Waals surface area contributed by atoms with Crippen LogP contribution in [0.25, 0.3) is 0 Å². The number of hydrogen-bond donors (Lipinski definition) is 0.